The second kappa shape index (κ2) is 4.69. The topological polar surface area (TPSA) is 50.9 Å². The van der Waals surface area contributed by atoms with Crippen molar-refractivity contribution < 1.29 is 0 Å². The van der Waals surface area contributed by atoms with Crippen LogP contribution in [0.2, 0.25) is 0 Å². The van der Waals surface area contributed by atoms with Gasteiger partial charge in [-0.3, -0.25) is 0 Å². The lowest BCUT2D eigenvalue weighted by Gasteiger charge is -2.05. The average molecular weight is 199 g/mol. The largest absolute Gasteiger partial charge is 0.325 e. The highest BCUT2D eigenvalue weighted by Gasteiger charge is 2.06. The van der Waals surface area contributed by atoms with Crippen LogP contribution in [0.3, 0.4) is 0 Å². The van der Waals surface area contributed by atoms with Gasteiger partial charge in [0.25, 0.3) is 0 Å². The van der Waals surface area contributed by atoms with Gasteiger partial charge < -0.3 is 11.1 Å². The molecule has 3 nitrogen and oxygen atoms in total. The van der Waals surface area contributed by atoms with E-state index in [1.165, 1.54) is 4.88 Å². The first kappa shape index (κ1) is 10.6. The molecule has 0 unspecified atom stereocenters. The molecule has 0 aliphatic heterocycles. The van der Waals surface area contributed by atoms with Crippen molar-refractivity contribution in [2.75, 3.05) is 0 Å². The summed E-state index contributed by atoms with van der Waals surface area (Å²) in [6.07, 6.45) is 0. The minimum absolute atomic E-state index is 0.502. The van der Waals surface area contributed by atoms with Gasteiger partial charge in [0.1, 0.15) is 5.01 Å². The van der Waals surface area contributed by atoms with Crippen LogP contribution in [0, 0.1) is 6.92 Å². The summed E-state index contributed by atoms with van der Waals surface area (Å²) in [5, 5.41) is 4.37. The number of hydrogen-bond acceptors (Lipinski definition) is 4. The molecule has 0 aliphatic carbocycles. The normalized spacial score (nSPS) is 11.2. The third kappa shape index (κ3) is 3.06. The molecule has 0 atom stereocenters. The molecule has 1 aromatic rings. The summed E-state index contributed by atoms with van der Waals surface area (Å²) in [5.41, 5.74) is 6.65. The van der Waals surface area contributed by atoms with Crippen molar-refractivity contribution in [1.29, 1.82) is 0 Å². The Morgan fingerprint density at radius 3 is 2.69 bits per heavy atom. The Kier molecular flexibility index (Phi) is 3.84. The van der Waals surface area contributed by atoms with Gasteiger partial charge >= 0.3 is 0 Å². The van der Waals surface area contributed by atoms with Gasteiger partial charge in [-0.05, 0) is 6.92 Å². The molecule has 0 radical (unpaired) electrons. The van der Waals surface area contributed by atoms with Crippen LogP contribution in [0.15, 0.2) is 0 Å². The minimum atomic E-state index is 0.502. The summed E-state index contributed by atoms with van der Waals surface area (Å²) in [7, 11) is 0. The Morgan fingerprint density at radius 2 is 2.23 bits per heavy atom. The number of aromatic nitrogens is 1. The maximum atomic E-state index is 5.52. The molecular weight excluding hydrogens is 182 g/mol. The molecule has 0 aromatic carbocycles. The summed E-state index contributed by atoms with van der Waals surface area (Å²) in [4.78, 5) is 5.70. The lowest BCUT2D eigenvalue weighted by atomic mass is 10.3. The monoisotopic (exact) mass is 199 g/mol. The molecule has 0 bridgehead atoms. The van der Waals surface area contributed by atoms with Crippen molar-refractivity contribution in [3.63, 3.8) is 0 Å². The van der Waals surface area contributed by atoms with Crippen molar-refractivity contribution in [3.05, 3.63) is 15.6 Å². The zero-order valence-corrected chi connectivity index (χ0v) is 9.24. The lowest BCUT2D eigenvalue weighted by Crippen LogP contribution is -2.22. The zero-order chi connectivity index (χ0) is 9.84. The number of nitrogens with zero attached hydrogens (tertiary/aromatic N) is 1. The van der Waals surface area contributed by atoms with Crippen LogP contribution < -0.4 is 11.1 Å². The number of nitrogens with one attached hydrogen (secondary N) is 1. The first-order chi connectivity index (χ1) is 6.13. The zero-order valence-electron chi connectivity index (χ0n) is 8.42. The van der Waals surface area contributed by atoms with Crippen LogP contribution in [0.25, 0.3) is 0 Å². The molecule has 1 rings (SSSR count). The fraction of sp³-hybridized carbons (Fsp3) is 0.667. The first-order valence-electron chi connectivity index (χ1n) is 4.52. The first-order valence-corrected chi connectivity index (χ1v) is 5.33. The second-order valence-corrected chi connectivity index (χ2v) is 4.64. The fourth-order valence-electron chi connectivity index (χ4n) is 1.04. The lowest BCUT2D eigenvalue weighted by molar-refractivity contribution is 0.581. The van der Waals surface area contributed by atoms with E-state index in [0.717, 1.165) is 17.2 Å². The van der Waals surface area contributed by atoms with Gasteiger partial charge in [-0.2, -0.15) is 0 Å². The highest BCUT2D eigenvalue weighted by molar-refractivity contribution is 7.11. The molecule has 1 aromatic heterocycles. The van der Waals surface area contributed by atoms with E-state index >= 15 is 0 Å². The van der Waals surface area contributed by atoms with Gasteiger partial charge in [-0.25, -0.2) is 4.98 Å². The third-order valence-corrected chi connectivity index (χ3v) is 2.82. The maximum Gasteiger partial charge on any atom is 0.107 e. The van der Waals surface area contributed by atoms with Crippen molar-refractivity contribution in [2.45, 2.75) is 39.9 Å². The van der Waals surface area contributed by atoms with Crippen LogP contribution in [-0.2, 0) is 13.1 Å². The van der Waals surface area contributed by atoms with E-state index in [1.807, 2.05) is 0 Å². The molecule has 0 saturated carbocycles. The Bertz CT molecular complexity index is 268. The number of rotatable bonds is 4. The summed E-state index contributed by atoms with van der Waals surface area (Å²) >= 11 is 1.69. The van der Waals surface area contributed by atoms with E-state index in [9.17, 15) is 0 Å². The van der Waals surface area contributed by atoms with Crippen molar-refractivity contribution >= 4 is 11.3 Å². The van der Waals surface area contributed by atoms with Gasteiger partial charge in [-0.1, -0.05) is 13.8 Å². The third-order valence-electron chi connectivity index (χ3n) is 1.79. The van der Waals surface area contributed by atoms with Crippen LogP contribution in [-0.4, -0.2) is 11.0 Å². The molecular formula is C9H17N3S. The summed E-state index contributed by atoms with van der Waals surface area (Å²) in [6, 6.07) is 0.502. The molecule has 0 amide bonds. The number of thiazole rings is 1. The van der Waals surface area contributed by atoms with E-state index < -0.39 is 0 Å². The predicted molar refractivity (Wildman–Crippen MR) is 56.7 cm³/mol. The minimum Gasteiger partial charge on any atom is -0.325 e. The molecule has 4 heteroatoms. The Labute approximate surface area is 83.4 Å². The van der Waals surface area contributed by atoms with E-state index in [0.29, 0.717) is 12.6 Å². The SMILES string of the molecule is Cc1sc(CN)nc1CNC(C)C. The van der Waals surface area contributed by atoms with Gasteiger partial charge in [0.15, 0.2) is 0 Å². The molecule has 74 valence electrons. The van der Waals surface area contributed by atoms with Crippen LogP contribution >= 0.6 is 11.3 Å². The maximum absolute atomic E-state index is 5.52. The van der Waals surface area contributed by atoms with Crippen molar-refractivity contribution in [3.8, 4) is 0 Å². The van der Waals surface area contributed by atoms with Gasteiger partial charge in [0, 0.05) is 24.0 Å². The molecule has 3 N–H and O–H groups in total. The molecule has 0 saturated heterocycles. The molecule has 0 fully saturated rings. The highest BCUT2D eigenvalue weighted by atomic mass is 32.1. The summed E-state index contributed by atoms with van der Waals surface area (Å²) in [5.74, 6) is 0. The Morgan fingerprint density at radius 1 is 1.54 bits per heavy atom. The number of hydrogen-bond donors (Lipinski definition) is 2. The average Bonchev–Trinajstić information content (AvgIpc) is 2.43. The Hall–Kier alpha value is -0.450. The molecule has 1 heterocycles. The number of nitrogens with two attached hydrogens (primary N) is 1. The van der Waals surface area contributed by atoms with Crippen LogP contribution in [0.5, 0.6) is 0 Å². The smallest absolute Gasteiger partial charge is 0.107 e. The van der Waals surface area contributed by atoms with Crippen LogP contribution in [0.1, 0.15) is 29.4 Å². The standard InChI is InChI=1S/C9H17N3S/c1-6(2)11-5-8-7(3)13-9(4-10)12-8/h6,11H,4-5,10H2,1-3H3. The van der Waals surface area contributed by atoms with E-state index in [4.69, 9.17) is 5.73 Å². The van der Waals surface area contributed by atoms with E-state index in [1.54, 1.807) is 11.3 Å². The van der Waals surface area contributed by atoms with E-state index in [2.05, 4.69) is 31.1 Å². The Balaban J connectivity index is 2.60. The van der Waals surface area contributed by atoms with Gasteiger partial charge in [0.05, 0.1) is 5.69 Å². The number of aryl methyl sites for hydroxylation is 1. The molecule has 13 heavy (non-hydrogen) atoms. The highest BCUT2D eigenvalue weighted by Crippen LogP contribution is 2.16. The summed E-state index contributed by atoms with van der Waals surface area (Å²) in [6.45, 7) is 7.75. The van der Waals surface area contributed by atoms with Crippen molar-refractivity contribution in [2.24, 2.45) is 5.73 Å². The van der Waals surface area contributed by atoms with Gasteiger partial charge in [0.2, 0.25) is 0 Å². The fourth-order valence-corrected chi connectivity index (χ4v) is 1.87. The van der Waals surface area contributed by atoms with Crippen molar-refractivity contribution in [1.82, 2.24) is 10.3 Å². The summed E-state index contributed by atoms with van der Waals surface area (Å²) < 4.78 is 0. The van der Waals surface area contributed by atoms with Gasteiger partial charge in [-0.15, -0.1) is 11.3 Å². The predicted octanol–water partition coefficient (Wildman–Crippen LogP) is 1.41. The second-order valence-electron chi connectivity index (χ2n) is 3.35. The quantitative estimate of drug-likeness (QED) is 0.771. The molecule has 0 spiro atoms. The molecule has 0 aliphatic rings. The van der Waals surface area contributed by atoms with E-state index in [-0.39, 0.29) is 0 Å². The van der Waals surface area contributed by atoms with Crippen LogP contribution in [0.4, 0.5) is 0 Å².